The minimum Gasteiger partial charge on any atom is -0.483 e. The Morgan fingerprint density at radius 2 is 2.10 bits per heavy atom. The van der Waals surface area contributed by atoms with Crippen molar-refractivity contribution in [2.75, 3.05) is 6.54 Å². The number of rotatable bonds is 4. The summed E-state index contributed by atoms with van der Waals surface area (Å²) < 4.78 is 34.4. The van der Waals surface area contributed by atoms with Crippen molar-refractivity contribution in [1.82, 2.24) is 19.9 Å². The average Bonchev–Trinajstić information content (AvgIpc) is 2.71. The number of halogens is 2. The van der Waals surface area contributed by atoms with Crippen molar-refractivity contribution in [3.05, 3.63) is 63.3 Å². The predicted octanol–water partition coefficient (Wildman–Crippen LogP) is 2.43. The first-order valence-corrected chi connectivity index (χ1v) is 9.02. The smallest absolute Gasteiger partial charge is 0.269 e. The third-order valence-corrected chi connectivity index (χ3v) is 5.16. The van der Waals surface area contributed by atoms with Gasteiger partial charge in [-0.3, -0.25) is 9.69 Å². The molecule has 1 N–H and O–H groups in total. The number of likely N-dealkylation sites (tertiary alicyclic amines) is 1. The van der Waals surface area contributed by atoms with Gasteiger partial charge in [0, 0.05) is 24.7 Å². The van der Waals surface area contributed by atoms with Gasteiger partial charge in [-0.05, 0) is 32.0 Å². The maximum Gasteiger partial charge on any atom is 0.269 e. The first kappa shape index (κ1) is 19.0. The molecule has 0 spiro atoms. The van der Waals surface area contributed by atoms with Crippen LogP contribution in [0.25, 0.3) is 11.0 Å². The molecule has 1 saturated heterocycles. The van der Waals surface area contributed by atoms with Crippen LogP contribution in [-0.2, 0) is 6.54 Å². The molecule has 1 aliphatic rings. The third-order valence-electron chi connectivity index (χ3n) is 5.16. The van der Waals surface area contributed by atoms with E-state index in [2.05, 4.69) is 15.0 Å². The number of ether oxygens (including phenoxy) is 1. The van der Waals surface area contributed by atoms with Crippen LogP contribution < -0.4 is 10.3 Å². The van der Waals surface area contributed by atoms with Gasteiger partial charge in [-0.2, -0.15) is 9.65 Å². The lowest BCUT2D eigenvalue weighted by Crippen LogP contribution is -2.60. The van der Waals surface area contributed by atoms with Gasteiger partial charge in [-0.25, -0.2) is 14.4 Å². The van der Waals surface area contributed by atoms with Crippen molar-refractivity contribution in [2.45, 2.75) is 32.5 Å². The van der Waals surface area contributed by atoms with Crippen LogP contribution in [0.1, 0.15) is 23.9 Å². The molecule has 3 heterocycles. The summed E-state index contributed by atoms with van der Waals surface area (Å²) in [5.41, 5.74) is 0.751. The molecule has 29 heavy (non-hydrogen) atoms. The van der Waals surface area contributed by atoms with Crippen LogP contribution in [0.4, 0.5) is 8.78 Å². The van der Waals surface area contributed by atoms with Crippen molar-refractivity contribution in [1.29, 1.82) is 5.26 Å². The first-order chi connectivity index (χ1) is 13.9. The molecule has 1 aliphatic heterocycles. The molecule has 0 bridgehead atoms. The molecule has 148 valence electrons. The molecule has 1 fully saturated rings. The Labute approximate surface area is 164 Å². The molecule has 4 rings (SSSR count). The number of pyridine rings is 1. The number of aromatic amines is 1. The molecule has 2 aromatic heterocycles. The van der Waals surface area contributed by atoms with Crippen molar-refractivity contribution < 1.29 is 13.5 Å². The molecule has 9 heteroatoms. The molecule has 7 nitrogen and oxygen atoms in total. The van der Waals surface area contributed by atoms with Crippen LogP contribution in [0.5, 0.6) is 5.75 Å². The Morgan fingerprint density at radius 3 is 2.79 bits per heavy atom. The summed E-state index contributed by atoms with van der Waals surface area (Å²) in [5.74, 6) is -1.36. The molecule has 0 amide bonds. The topological polar surface area (TPSA) is 94.9 Å². The number of fused-ring (bicyclic) bond motifs is 1. The maximum absolute atomic E-state index is 14.8. The van der Waals surface area contributed by atoms with E-state index in [-0.39, 0.29) is 34.8 Å². The fraction of sp³-hybridized carbons (Fsp3) is 0.300. The molecular formula is C20H17F2N5O2. The van der Waals surface area contributed by atoms with Gasteiger partial charge in [0.15, 0.2) is 11.6 Å². The zero-order chi connectivity index (χ0) is 20.7. The number of hydrogen-bond acceptors (Lipinski definition) is 6. The van der Waals surface area contributed by atoms with Crippen molar-refractivity contribution in [3.8, 4) is 11.8 Å². The molecule has 1 aromatic carbocycles. The van der Waals surface area contributed by atoms with E-state index in [9.17, 15) is 13.6 Å². The molecule has 3 aromatic rings. The summed E-state index contributed by atoms with van der Waals surface area (Å²) in [6, 6.07) is 7.77. The van der Waals surface area contributed by atoms with E-state index in [0.717, 1.165) is 0 Å². The number of aromatic nitrogens is 3. The maximum atomic E-state index is 14.8. The van der Waals surface area contributed by atoms with Gasteiger partial charge in [0.05, 0.1) is 5.52 Å². The summed E-state index contributed by atoms with van der Waals surface area (Å²) in [6.07, 6.45) is -0.285. The van der Waals surface area contributed by atoms with E-state index >= 15 is 0 Å². The fourth-order valence-corrected chi connectivity index (χ4v) is 3.32. The number of hydrogen-bond donors (Lipinski definition) is 1. The zero-order valence-electron chi connectivity index (χ0n) is 15.7. The standard InChI is InChI=1S/C20H17F2N5O2/c1-10-20(28)26-18-14(24-10)5-3-12(17(18)21)8-27-9-16(11(27)2)29-15-6-4-13(7-23)25-19(15)22/h3-6,11,16H,8-9H2,1-2H3,(H,26,28)/t11-,16+/m0/s1. The third kappa shape index (κ3) is 3.43. The predicted molar refractivity (Wildman–Crippen MR) is 100 cm³/mol. The van der Waals surface area contributed by atoms with Gasteiger partial charge in [-0.15, -0.1) is 0 Å². The van der Waals surface area contributed by atoms with Crippen LogP contribution in [0.3, 0.4) is 0 Å². The number of nitrogens with zero attached hydrogens (tertiary/aromatic N) is 4. The van der Waals surface area contributed by atoms with Crippen LogP contribution in [0.2, 0.25) is 0 Å². The normalized spacial score (nSPS) is 19.0. The summed E-state index contributed by atoms with van der Waals surface area (Å²) in [7, 11) is 0. The van der Waals surface area contributed by atoms with E-state index in [1.807, 2.05) is 11.8 Å². The van der Waals surface area contributed by atoms with E-state index < -0.39 is 17.3 Å². The molecule has 0 saturated carbocycles. The van der Waals surface area contributed by atoms with Crippen LogP contribution in [0.15, 0.2) is 29.1 Å². The summed E-state index contributed by atoms with van der Waals surface area (Å²) in [6.45, 7) is 4.25. The number of benzene rings is 1. The Hall–Kier alpha value is -3.38. The average molecular weight is 397 g/mol. The first-order valence-electron chi connectivity index (χ1n) is 9.02. The molecule has 0 radical (unpaired) electrons. The summed E-state index contributed by atoms with van der Waals surface area (Å²) in [5, 5.41) is 8.75. The monoisotopic (exact) mass is 397 g/mol. The van der Waals surface area contributed by atoms with Gasteiger partial charge in [0.2, 0.25) is 0 Å². The number of H-pyrrole nitrogens is 1. The molecule has 2 atom stereocenters. The van der Waals surface area contributed by atoms with Crippen LogP contribution in [0, 0.1) is 30.0 Å². The Kier molecular flexibility index (Phi) is 4.72. The minimum absolute atomic E-state index is 0.0172. The highest BCUT2D eigenvalue weighted by Gasteiger charge is 2.38. The highest BCUT2D eigenvalue weighted by molar-refractivity contribution is 5.75. The molecule has 0 unspecified atom stereocenters. The summed E-state index contributed by atoms with van der Waals surface area (Å²) in [4.78, 5) is 23.9. The van der Waals surface area contributed by atoms with Gasteiger partial charge in [0.25, 0.3) is 11.5 Å². The van der Waals surface area contributed by atoms with Crippen molar-refractivity contribution in [3.63, 3.8) is 0 Å². The highest BCUT2D eigenvalue weighted by atomic mass is 19.1. The van der Waals surface area contributed by atoms with E-state index in [0.29, 0.717) is 24.2 Å². The van der Waals surface area contributed by atoms with Crippen molar-refractivity contribution in [2.24, 2.45) is 0 Å². The van der Waals surface area contributed by atoms with Crippen LogP contribution >= 0.6 is 0 Å². The molecule has 0 aliphatic carbocycles. The largest absolute Gasteiger partial charge is 0.483 e. The lowest BCUT2D eigenvalue weighted by atomic mass is 9.99. The van der Waals surface area contributed by atoms with Gasteiger partial charge in [-0.1, -0.05) is 6.07 Å². The Balaban J connectivity index is 1.47. The number of nitrogens with one attached hydrogen (secondary N) is 1. The van der Waals surface area contributed by atoms with Crippen molar-refractivity contribution >= 4 is 11.0 Å². The van der Waals surface area contributed by atoms with E-state index in [1.54, 1.807) is 25.1 Å². The SMILES string of the molecule is Cc1nc2ccc(CN3C[C@@H](Oc4ccc(C#N)nc4F)[C@@H]3C)c(F)c2[nH]c1=O. The Bertz CT molecular complexity index is 1200. The number of nitriles is 1. The van der Waals surface area contributed by atoms with Gasteiger partial charge in [0.1, 0.15) is 29.1 Å². The van der Waals surface area contributed by atoms with Crippen LogP contribution in [-0.4, -0.2) is 38.5 Å². The summed E-state index contributed by atoms with van der Waals surface area (Å²) >= 11 is 0. The van der Waals surface area contributed by atoms with Gasteiger partial charge < -0.3 is 9.72 Å². The Morgan fingerprint density at radius 1 is 1.31 bits per heavy atom. The van der Waals surface area contributed by atoms with E-state index in [4.69, 9.17) is 10.00 Å². The fourth-order valence-electron chi connectivity index (χ4n) is 3.32. The molecular weight excluding hydrogens is 380 g/mol. The quantitative estimate of drug-likeness (QED) is 0.680. The highest BCUT2D eigenvalue weighted by Crippen LogP contribution is 2.28. The second-order valence-electron chi connectivity index (χ2n) is 7.01. The lowest BCUT2D eigenvalue weighted by molar-refractivity contribution is -0.0437. The second-order valence-corrected chi connectivity index (χ2v) is 7.01. The van der Waals surface area contributed by atoms with Gasteiger partial charge >= 0.3 is 0 Å². The lowest BCUT2D eigenvalue weighted by Gasteiger charge is -2.45. The zero-order valence-corrected chi connectivity index (χ0v) is 15.7. The van der Waals surface area contributed by atoms with E-state index in [1.165, 1.54) is 12.1 Å². The second kappa shape index (κ2) is 7.22. The number of aryl methyl sites for hydroxylation is 1. The minimum atomic E-state index is -0.831.